The highest BCUT2D eigenvalue weighted by atomic mass is 32.2. The first-order valence-electron chi connectivity index (χ1n) is 6.29. The van der Waals surface area contributed by atoms with Crippen LogP contribution >= 0.6 is 11.8 Å². The molecule has 0 radical (unpaired) electrons. The number of rotatable bonds is 6. The highest BCUT2D eigenvalue weighted by molar-refractivity contribution is 7.98. The van der Waals surface area contributed by atoms with E-state index in [9.17, 15) is 10.1 Å². The number of nitrogens with one attached hydrogen (secondary N) is 1. The third kappa shape index (κ3) is 3.82. The fraction of sp³-hybridized carbons (Fsp3) is 0.200. The molecule has 0 atom stereocenters. The van der Waals surface area contributed by atoms with Crippen molar-refractivity contribution in [3.63, 3.8) is 0 Å². The fourth-order valence-electron chi connectivity index (χ4n) is 1.88. The number of thioether (sulfide) groups is 1. The van der Waals surface area contributed by atoms with Crippen LogP contribution in [-0.4, -0.2) is 12.0 Å². The predicted octanol–water partition coefficient (Wildman–Crippen LogP) is 3.61. The van der Waals surface area contributed by atoms with Crippen LogP contribution < -0.4 is 5.32 Å². The summed E-state index contributed by atoms with van der Waals surface area (Å²) in [5.41, 5.74) is 2.16. The van der Waals surface area contributed by atoms with Crippen molar-refractivity contribution in [2.24, 2.45) is 0 Å². The SMILES string of the molecule is CNCc1ccc(SCc2ccccc2[N+](=O)[O-])cc1. The van der Waals surface area contributed by atoms with Crippen LogP contribution in [0.15, 0.2) is 53.4 Å². The maximum Gasteiger partial charge on any atom is 0.273 e. The number of para-hydroxylation sites is 1. The lowest BCUT2D eigenvalue weighted by Gasteiger charge is -2.05. The third-order valence-corrected chi connectivity index (χ3v) is 3.95. The summed E-state index contributed by atoms with van der Waals surface area (Å²) in [6, 6.07) is 15.1. The van der Waals surface area contributed by atoms with Crippen molar-refractivity contribution in [1.82, 2.24) is 5.32 Å². The van der Waals surface area contributed by atoms with Crippen LogP contribution in [0, 0.1) is 10.1 Å². The van der Waals surface area contributed by atoms with E-state index < -0.39 is 0 Å². The molecular formula is C15H16N2O2S. The van der Waals surface area contributed by atoms with E-state index in [1.807, 2.05) is 25.2 Å². The second-order valence-corrected chi connectivity index (χ2v) is 5.40. The van der Waals surface area contributed by atoms with Gasteiger partial charge in [-0.3, -0.25) is 10.1 Å². The van der Waals surface area contributed by atoms with E-state index in [0.717, 1.165) is 17.0 Å². The van der Waals surface area contributed by atoms with Gasteiger partial charge in [0, 0.05) is 28.8 Å². The Morgan fingerprint density at radius 2 is 1.85 bits per heavy atom. The molecule has 0 amide bonds. The lowest BCUT2D eigenvalue weighted by Crippen LogP contribution is -2.04. The number of nitrogens with zero attached hydrogens (tertiary/aromatic N) is 1. The molecule has 0 aliphatic carbocycles. The summed E-state index contributed by atoms with van der Waals surface area (Å²) in [5.74, 6) is 0.600. The predicted molar refractivity (Wildman–Crippen MR) is 81.9 cm³/mol. The molecule has 0 heterocycles. The van der Waals surface area contributed by atoms with Crippen LogP contribution in [0.1, 0.15) is 11.1 Å². The lowest BCUT2D eigenvalue weighted by molar-refractivity contribution is -0.385. The molecule has 0 fully saturated rings. The molecule has 0 saturated heterocycles. The Labute approximate surface area is 122 Å². The summed E-state index contributed by atoms with van der Waals surface area (Å²) in [5, 5.41) is 14.0. The smallest absolute Gasteiger partial charge is 0.273 e. The highest BCUT2D eigenvalue weighted by Gasteiger charge is 2.12. The Bertz CT molecular complexity index is 585. The van der Waals surface area contributed by atoms with Gasteiger partial charge < -0.3 is 5.32 Å². The molecule has 4 nitrogen and oxygen atoms in total. The molecule has 0 aliphatic rings. The molecule has 0 aromatic heterocycles. The van der Waals surface area contributed by atoms with Crippen LogP contribution in [0.5, 0.6) is 0 Å². The minimum Gasteiger partial charge on any atom is -0.316 e. The van der Waals surface area contributed by atoms with Gasteiger partial charge in [-0.15, -0.1) is 11.8 Å². The lowest BCUT2D eigenvalue weighted by atomic mass is 10.2. The summed E-state index contributed by atoms with van der Waals surface area (Å²) in [6.45, 7) is 0.842. The number of nitro groups is 1. The molecule has 20 heavy (non-hydrogen) atoms. The van der Waals surface area contributed by atoms with Crippen molar-refractivity contribution in [3.8, 4) is 0 Å². The van der Waals surface area contributed by atoms with E-state index in [4.69, 9.17) is 0 Å². The number of benzene rings is 2. The van der Waals surface area contributed by atoms with Gasteiger partial charge in [0.15, 0.2) is 0 Å². The molecule has 0 spiro atoms. The first-order chi connectivity index (χ1) is 9.70. The first kappa shape index (κ1) is 14.6. The summed E-state index contributed by atoms with van der Waals surface area (Å²) >= 11 is 1.61. The quantitative estimate of drug-likeness (QED) is 0.501. The summed E-state index contributed by atoms with van der Waals surface area (Å²) in [4.78, 5) is 11.7. The van der Waals surface area contributed by atoms with Crippen molar-refractivity contribution in [2.45, 2.75) is 17.2 Å². The Morgan fingerprint density at radius 3 is 2.50 bits per heavy atom. The second-order valence-electron chi connectivity index (χ2n) is 4.35. The van der Waals surface area contributed by atoms with Gasteiger partial charge >= 0.3 is 0 Å². The number of nitro benzene ring substituents is 1. The minimum absolute atomic E-state index is 0.187. The molecule has 0 bridgehead atoms. The van der Waals surface area contributed by atoms with Gasteiger partial charge in [0.2, 0.25) is 0 Å². The van der Waals surface area contributed by atoms with E-state index in [0.29, 0.717) is 5.75 Å². The highest BCUT2D eigenvalue weighted by Crippen LogP contribution is 2.27. The monoisotopic (exact) mass is 288 g/mol. The maximum absolute atomic E-state index is 10.9. The molecule has 5 heteroatoms. The minimum atomic E-state index is -0.327. The van der Waals surface area contributed by atoms with E-state index in [1.54, 1.807) is 30.0 Å². The van der Waals surface area contributed by atoms with Crippen LogP contribution in [0.3, 0.4) is 0 Å². The summed E-state index contributed by atoms with van der Waals surface area (Å²) in [6.07, 6.45) is 0. The molecule has 0 saturated carbocycles. The zero-order valence-electron chi connectivity index (χ0n) is 11.2. The molecule has 1 N–H and O–H groups in total. The van der Waals surface area contributed by atoms with E-state index in [-0.39, 0.29) is 10.6 Å². The second kappa shape index (κ2) is 7.07. The topological polar surface area (TPSA) is 55.2 Å². The average molecular weight is 288 g/mol. The average Bonchev–Trinajstić information content (AvgIpc) is 2.47. The van der Waals surface area contributed by atoms with Crippen LogP contribution in [0.4, 0.5) is 5.69 Å². The van der Waals surface area contributed by atoms with Gasteiger partial charge in [-0.1, -0.05) is 30.3 Å². The van der Waals surface area contributed by atoms with Gasteiger partial charge in [0.05, 0.1) is 4.92 Å². The third-order valence-electron chi connectivity index (χ3n) is 2.89. The van der Waals surface area contributed by atoms with Crippen molar-refractivity contribution in [2.75, 3.05) is 7.05 Å². The fourth-order valence-corrected chi connectivity index (χ4v) is 2.77. The van der Waals surface area contributed by atoms with Gasteiger partial charge in [-0.05, 0) is 24.7 Å². The van der Waals surface area contributed by atoms with Gasteiger partial charge in [-0.2, -0.15) is 0 Å². The normalized spacial score (nSPS) is 10.4. The Kier molecular flexibility index (Phi) is 5.15. The zero-order chi connectivity index (χ0) is 14.4. The number of hydrogen-bond acceptors (Lipinski definition) is 4. The summed E-state index contributed by atoms with van der Waals surface area (Å²) in [7, 11) is 1.91. The molecule has 2 rings (SSSR count). The molecule has 2 aromatic carbocycles. The Morgan fingerprint density at radius 1 is 1.15 bits per heavy atom. The molecule has 2 aromatic rings. The molecule has 104 valence electrons. The molecule has 0 aliphatic heterocycles. The summed E-state index contributed by atoms with van der Waals surface area (Å²) < 4.78 is 0. The Balaban J connectivity index is 2.03. The van der Waals surface area contributed by atoms with E-state index in [1.165, 1.54) is 5.56 Å². The maximum atomic E-state index is 10.9. The largest absolute Gasteiger partial charge is 0.316 e. The first-order valence-corrected chi connectivity index (χ1v) is 7.28. The Hall–Kier alpha value is -1.85. The van der Waals surface area contributed by atoms with E-state index >= 15 is 0 Å². The van der Waals surface area contributed by atoms with E-state index in [2.05, 4.69) is 17.4 Å². The van der Waals surface area contributed by atoms with Gasteiger partial charge in [-0.25, -0.2) is 0 Å². The van der Waals surface area contributed by atoms with Gasteiger partial charge in [0.25, 0.3) is 5.69 Å². The van der Waals surface area contributed by atoms with Crippen molar-refractivity contribution < 1.29 is 4.92 Å². The van der Waals surface area contributed by atoms with Crippen molar-refractivity contribution in [3.05, 3.63) is 69.8 Å². The van der Waals surface area contributed by atoms with Crippen molar-refractivity contribution in [1.29, 1.82) is 0 Å². The van der Waals surface area contributed by atoms with Gasteiger partial charge in [0.1, 0.15) is 0 Å². The zero-order valence-corrected chi connectivity index (χ0v) is 12.0. The van der Waals surface area contributed by atoms with Crippen molar-refractivity contribution >= 4 is 17.4 Å². The standard InChI is InChI=1S/C15H16N2O2S/c1-16-10-12-6-8-14(9-7-12)20-11-13-4-2-3-5-15(13)17(18)19/h2-9,16H,10-11H2,1H3. The van der Waals surface area contributed by atoms with Crippen LogP contribution in [0.25, 0.3) is 0 Å². The molecular weight excluding hydrogens is 272 g/mol. The molecule has 0 unspecified atom stereocenters. The van der Waals surface area contributed by atoms with Crippen LogP contribution in [-0.2, 0) is 12.3 Å². The van der Waals surface area contributed by atoms with Crippen LogP contribution in [0.2, 0.25) is 0 Å². The number of hydrogen-bond donors (Lipinski definition) is 1.